The van der Waals surface area contributed by atoms with Gasteiger partial charge in [-0.05, 0) is 49.9 Å². The molecule has 22 heavy (non-hydrogen) atoms. The van der Waals surface area contributed by atoms with Gasteiger partial charge in [-0.3, -0.25) is 9.59 Å². The molecule has 0 bridgehead atoms. The van der Waals surface area contributed by atoms with Crippen molar-refractivity contribution >= 4 is 33.5 Å². The summed E-state index contributed by atoms with van der Waals surface area (Å²) >= 11 is 3.63. The lowest BCUT2D eigenvalue weighted by Gasteiger charge is -2.16. The molecule has 0 spiro atoms. The predicted molar refractivity (Wildman–Crippen MR) is 90.3 cm³/mol. The van der Waals surface area contributed by atoms with Crippen molar-refractivity contribution in [2.45, 2.75) is 46.5 Å². The van der Waals surface area contributed by atoms with E-state index in [0.29, 0.717) is 26.0 Å². The van der Waals surface area contributed by atoms with E-state index in [0.717, 1.165) is 21.3 Å². The Bertz CT molecular complexity index is 612. The summed E-state index contributed by atoms with van der Waals surface area (Å²) in [5.41, 5.74) is 4.44. The third-order valence-electron chi connectivity index (χ3n) is 4.19. The zero-order chi connectivity index (χ0) is 16.4. The lowest BCUT2D eigenvalue weighted by molar-refractivity contribution is -0.143. The number of benzene rings is 1. The third kappa shape index (κ3) is 3.19. The Labute approximate surface area is 140 Å². The maximum absolute atomic E-state index is 11.9. The van der Waals surface area contributed by atoms with E-state index in [-0.39, 0.29) is 17.8 Å². The monoisotopic (exact) mass is 367 g/mol. The molecule has 1 aliphatic heterocycles. The molecule has 0 saturated carbocycles. The number of aryl methyl sites for hydroxylation is 1. The van der Waals surface area contributed by atoms with Crippen molar-refractivity contribution in [1.29, 1.82) is 0 Å². The fourth-order valence-electron chi connectivity index (χ4n) is 3.16. The molecule has 0 N–H and O–H groups in total. The molecule has 2 rings (SSSR count). The van der Waals surface area contributed by atoms with E-state index in [1.807, 2.05) is 18.7 Å². The predicted octanol–water partition coefficient (Wildman–Crippen LogP) is 3.86. The van der Waals surface area contributed by atoms with Crippen LogP contribution in [-0.2, 0) is 14.3 Å². The first-order chi connectivity index (χ1) is 10.4. The molecule has 0 saturated heterocycles. The molecule has 4 nitrogen and oxygen atoms in total. The van der Waals surface area contributed by atoms with Crippen LogP contribution in [0.3, 0.4) is 0 Å². The molecule has 0 aromatic heterocycles. The molecule has 0 aliphatic carbocycles. The second-order valence-electron chi connectivity index (χ2n) is 5.74. The Morgan fingerprint density at radius 2 is 2.09 bits per heavy atom. The van der Waals surface area contributed by atoms with E-state index in [4.69, 9.17) is 4.74 Å². The molecule has 1 heterocycles. The van der Waals surface area contributed by atoms with Crippen molar-refractivity contribution < 1.29 is 14.3 Å². The third-order valence-corrected chi connectivity index (χ3v) is 5.41. The van der Waals surface area contributed by atoms with E-state index < -0.39 is 0 Å². The van der Waals surface area contributed by atoms with Crippen molar-refractivity contribution in [3.8, 4) is 0 Å². The van der Waals surface area contributed by atoms with E-state index in [9.17, 15) is 9.59 Å². The highest BCUT2D eigenvalue weighted by Crippen LogP contribution is 2.44. The summed E-state index contributed by atoms with van der Waals surface area (Å²) in [7, 11) is 0. The minimum absolute atomic E-state index is 0.0426. The molecule has 1 unspecified atom stereocenters. The van der Waals surface area contributed by atoms with Gasteiger partial charge >= 0.3 is 5.97 Å². The highest BCUT2D eigenvalue weighted by molar-refractivity contribution is 9.10. The Kier molecular flexibility index (Phi) is 5.27. The summed E-state index contributed by atoms with van der Waals surface area (Å²) in [5.74, 6) is 0.0513. The minimum Gasteiger partial charge on any atom is -0.466 e. The normalized spacial score (nSPS) is 16.6. The van der Waals surface area contributed by atoms with Crippen LogP contribution in [0.15, 0.2) is 10.5 Å². The van der Waals surface area contributed by atoms with Gasteiger partial charge in [0.05, 0.1) is 6.61 Å². The van der Waals surface area contributed by atoms with E-state index in [1.54, 1.807) is 6.92 Å². The lowest BCUT2D eigenvalue weighted by Crippen LogP contribution is -2.27. The largest absolute Gasteiger partial charge is 0.466 e. The number of hydrogen-bond acceptors (Lipinski definition) is 3. The van der Waals surface area contributed by atoms with Gasteiger partial charge in [0.25, 0.3) is 0 Å². The first-order valence-corrected chi connectivity index (χ1v) is 8.39. The first kappa shape index (κ1) is 17.0. The van der Waals surface area contributed by atoms with Crippen LogP contribution < -0.4 is 4.90 Å². The number of esters is 1. The summed E-state index contributed by atoms with van der Waals surface area (Å²) in [6.07, 6.45) is 1.08. The van der Waals surface area contributed by atoms with Gasteiger partial charge < -0.3 is 9.64 Å². The second kappa shape index (κ2) is 6.82. The molecule has 1 aromatic rings. The molecule has 1 aromatic carbocycles. The van der Waals surface area contributed by atoms with Gasteiger partial charge in [-0.2, -0.15) is 0 Å². The highest BCUT2D eigenvalue weighted by atomic mass is 79.9. The Morgan fingerprint density at radius 1 is 1.41 bits per heavy atom. The fraction of sp³-hybridized carbons (Fsp3) is 0.529. The van der Waals surface area contributed by atoms with Crippen LogP contribution in [0.5, 0.6) is 0 Å². The molecule has 5 heteroatoms. The smallest absolute Gasteiger partial charge is 0.305 e. The maximum atomic E-state index is 11.9. The molecular weight excluding hydrogens is 346 g/mol. The minimum atomic E-state index is -0.172. The summed E-state index contributed by atoms with van der Waals surface area (Å²) < 4.78 is 6.09. The number of carbonyl (C=O) groups is 2. The van der Waals surface area contributed by atoms with E-state index in [2.05, 4.69) is 28.9 Å². The first-order valence-electron chi connectivity index (χ1n) is 7.60. The van der Waals surface area contributed by atoms with Crippen molar-refractivity contribution in [3.63, 3.8) is 0 Å². The summed E-state index contributed by atoms with van der Waals surface area (Å²) in [5, 5.41) is 0. The second-order valence-corrected chi connectivity index (χ2v) is 6.53. The topological polar surface area (TPSA) is 46.6 Å². The van der Waals surface area contributed by atoms with Gasteiger partial charge in [-0.15, -0.1) is 0 Å². The Balaban J connectivity index is 2.31. The maximum Gasteiger partial charge on any atom is 0.305 e. The molecule has 0 radical (unpaired) electrons. The lowest BCUT2D eigenvalue weighted by atomic mass is 9.91. The van der Waals surface area contributed by atoms with Crippen LogP contribution in [-0.4, -0.2) is 25.0 Å². The average Bonchev–Trinajstić information content (AvgIpc) is 2.82. The number of anilines is 1. The highest BCUT2D eigenvalue weighted by Gasteiger charge is 2.33. The van der Waals surface area contributed by atoms with Crippen molar-refractivity contribution in [2.24, 2.45) is 0 Å². The SMILES string of the molecule is CCOC(=O)CCC1CN(C(C)=O)c2cc(C)c(Br)c(C)c21. The van der Waals surface area contributed by atoms with Crippen LogP contribution in [0.1, 0.15) is 49.3 Å². The van der Waals surface area contributed by atoms with Crippen LogP contribution in [0.4, 0.5) is 5.69 Å². The number of fused-ring (bicyclic) bond motifs is 1. The fourth-order valence-corrected chi connectivity index (χ4v) is 3.49. The van der Waals surface area contributed by atoms with Crippen molar-refractivity contribution in [3.05, 3.63) is 27.2 Å². The van der Waals surface area contributed by atoms with Gasteiger partial charge in [0.1, 0.15) is 0 Å². The van der Waals surface area contributed by atoms with Gasteiger partial charge in [0.2, 0.25) is 5.91 Å². The van der Waals surface area contributed by atoms with Crippen molar-refractivity contribution in [2.75, 3.05) is 18.1 Å². The molecular formula is C17H22BrNO3. The molecule has 120 valence electrons. The quantitative estimate of drug-likeness (QED) is 0.759. The molecule has 0 fully saturated rings. The summed E-state index contributed by atoms with van der Waals surface area (Å²) in [6.45, 7) is 8.54. The summed E-state index contributed by atoms with van der Waals surface area (Å²) in [4.78, 5) is 25.4. The Morgan fingerprint density at radius 3 is 2.68 bits per heavy atom. The number of hydrogen-bond donors (Lipinski definition) is 0. The van der Waals surface area contributed by atoms with Crippen LogP contribution in [0.25, 0.3) is 0 Å². The molecule has 1 atom stereocenters. The van der Waals surface area contributed by atoms with Crippen molar-refractivity contribution in [1.82, 2.24) is 0 Å². The van der Waals surface area contributed by atoms with Crippen LogP contribution >= 0.6 is 15.9 Å². The molecule has 1 amide bonds. The number of amides is 1. The average molecular weight is 368 g/mol. The standard InChI is InChI=1S/C17H22BrNO3/c1-5-22-15(21)7-6-13-9-19(12(4)20)14-8-10(2)17(18)11(3)16(13)14/h8,13H,5-7,9H2,1-4H3. The Hall–Kier alpha value is -1.36. The van der Waals surface area contributed by atoms with Gasteiger partial charge in [-0.25, -0.2) is 0 Å². The van der Waals surface area contributed by atoms with Gasteiger partial charge in [0, 0.05) is 36.0 Å². The van der Waals surface area contributed by atoms with Crippen LogP contribution in [0, 0.1) is 13.8 Å². The van der Waals surface area contributed by atoms with Crippen LogP contribution in [0.2, 0.25) is 0 Å². The summed E-state index contributed by atoms with van der Waals surface area (Å²) in [6, 6.07) is 2.05. The van der Waals surface area contributed by atoms with E-state index >= 15 is 0 Å². The molecule has 1 aliphatic rings. The number of rotatable bonds is 4. The zero-order valence-electron chi connectivity index (χ0n) is 13.5. The number of halogens is 1. The number of ether oxygens (including phenoxy) is 1. The number of nitrogens with zero attached hydrogens (tertiary/aromatic N) is 1. The van der Waals surface area contributed by atoms with Gasteiger partial charge in [0.15, 0.2) is 0 Å². The van der Waals surface area contributed by atoms with E-state index in [1.165, 1.54) is 5.56 Å². The van der Waals surface area contributed by atoms with Gasteiger partial charge in [-0.1, -0.05) is 15.9 Å². The zero-order valence-corrected chi connectivity index (χ0v) is 15.1. The number of carbonyl (C=O) groups excluding carboxylic acids is 2.